The van der Waals surface area contributed by atoms with Crippen LogP contribution < -0.4 is 14.8 Å². The van der Waals surface area contributed by atoms with Crippen molar-refractivity contribution in [3.05, 3.63) is 89.0 Å². The van der Waals surface area contributed by atoms with E-state index < -0.39 is 0 Å². The minimum atomic E-state index is 0.0802. The highest BCUT2D eigenvalue weighted by atomic mass is 16.5. The van der Waals surface area contributed by atoms with Crippen molar-refractivity contribution in [1.29, 1.82) is 0 Å². The summed E-state index contributed by atoms with van der Waals surface area (Å²) in [6.45, 7) is 1.47. The minimum Gasteiger partial charge on any atom is -0.508 e. The average Bonchev–Trinajstić information content (AvgIpc) is 2.74. The first kappa shape index (κ1) is 18.4. The van der Waals surface area contributed by atoms with Crippen LogP contribution >= 0.6 is 0 Å². The van der Waals surface area contributed by atoms with E-state index in [4.69, 9.17) is 9.47 Å². The smallest absolute Gasteiger partial charge is 0.161 e. The fraction of sp³-hybridized carbons (Fsp3) is 0.250. The molecule has 1 aliphatic heterocycles. The molecule has 0 bridgehead atoms. The molecule has 3 aromatic carbocycles. The van der Waals surface area contributed by atoms with Gasteiger partial charge in [-0.2, -0.15) is 0 Å². The van der Waals surface area contributed by atoms with Crippen molar-refractivity contribution in [1.82, 2.24) is 5.32 Å². The lowest BCUT2D eigenvalue weighted by molar-refractivity contribution is 0.297. The van der Waals surface area contributed by atoms with Gasteiger partial charge in [0, 0.05) is 13.0 Å². The molecule has 0 amide bonds. The Labute approximate surface area is 165 Å². The second-order valence-electron chi connectivity index (χ2n) is 7.01. The Morgan fingerprint density at radius 2 is 1.86 bits per heavy atom. The van der Waals surface area contributed by atoms with E-state index in [0.29, 0.717) is 12.4 Å². The molecule has 1 atom stereocenters. The van der Waals surface area contributed by atoms with Crippen molar-refractivity contribution in [2.45, 2.75) is 18.9 Å². The van der Waals surface area contributed by atoms with E-state index in [1.54, 1.807) is 13.2 Å². The van der Waals surface area contributed by atoms with Crippen LogP contribution in [0.1, 0.15) is 28.3 Å². The van der Waals surface area contributed by atoms with E-state index >= 15 is 0 Å². The van der Waals surface area contributed by atoms with Crippen LogP contribution in [0.15, 0.2) is 66.7 Å². The molecular formula is C24H25NO3. The summed E-state index contributed by atoms with van der Waals surface area (Å²) in [4.78, 5) is 0. The van der Waals surface area contributed by atoms with E-state index in [1.807, 2.05) is 42.5 Å². The summed E-state index contributed by atoms with van der Waals surface area (Å²) in [7, 11) is 1.67. The van der Waals surface area contributed by atoms with Gasteiger partial charge in [-0.25, -0.2) is 0 Å². The number of phenolic OH excluding ortho intramolecular Hbond substituents is 1. The van der Waals surface area contributed by atoms with E-state index in [2.05, 4.69) is 23.5 Å². The molecule has 0 aliphatic carbocycles. The highest BCUT2D eigenvalue weighted by molar-refractivity contribution is 5.48. The molecule has 0 radical (unpaired) electrons. The van der Waals surface area contributed by atoms with E-state index in [0.717, 1.165) is 36.4 Å². The fourth-order valence-electron chi connectivity index (χ4n) is 3.76. The van der Waals surface area contributed by atoms with Gasteiger partial charge < -0.3 is 19.9 Å². The van der Waals surface area contributed by atoms with Crippen LogP contribution in [0, 0.1) is 0 Å². The second-order valence-corrected chi connectivity index (χ2v) is 7.01. The Bertz CT molecular complexity index is 940. The van der Waals surface area contributed by atoms with Gasteiger partial charge in [0.1, 0.15) is 5.75 Å². The Morgan fingerprint density at radius 1 is 1.00 bits per heavy atom. The van der Waals surface area contributed by atoms with Crippen LogP contribution in [0.5, 0.6) is 17.2 Å². The van der Waals surface area contributed by atoms with Crippen LogP contribution in [0.3, 0.4) is 0 Å². The Balaban J connectivity index is 1.51. The third-order valence-corrected chi connectivity index (χ3v) is 5.19. The molecule has 0 aromatic heterocycles. The molecule has 0 saturated heterocycles. The minimum absolute atomic E-state index is 0.0802. The summed E-state index contributed by atoms with van der Waals surface area (Å²) in [5.41, 5.74) is 4.76. The molecule has 144 valence electrons. The SMILES string of the molecule is COc1cc(C2NCCc3cc(O)ccc32)ccc1OCCc1ccccc1. The monoisotopic (exact) mass is 375 g/mol. The largest absolute Gasteiger partial charge is 0.508 e. The number of ether oxygens (including phenoxy) is 2. The molecule has 0 fully saturated rings. The maximum atomic E-state index is 9.77. The van der Waals surface area contributed by atoms with Gasteiger partial charge in [0.25, 0.3) is 0 Å². The van der Waals surface area contributed by atoms with Crippen LogP contribution in [-0.4, -0.2) is 25.4 Å². The Kier molecular flexibility index (Phi) is 5.49. The normalized spacial score (nSPS) is 15.7. The first-order chi connectivity index (χ1) is 13.7. The van der Waals surface area contributed by atoms with Crippen LogP contribution in [0.2, 0.25) is 0 Å². The number of rotatable bonds is 6. The number of aromatic hydroxyl groups is 1. The van der Waals surface area contributed by atoms with Crippen molar-refractivity contribution < 1.29 is 14.6 Å². The zero-order valence-corrected chi connectivity index (χ0v) is 16.0. The Hall–Kier alpha value is -2.98. The number of nitrogens with one attached hydrogen (secondary N) is 1. The summed E-state index contributed by atoms with van der Waals surface area (Å²) in [6.07, 6.45) is 1.77. The molecule has 2 N–H and O–H groups in total. The Morgan fingerprint density at radius 3 is 2.68 bits per heavy atom. The molecule has 4 rings (SSSR count). The fourth-order valence-corrected chi connectivity index (χ4v) is 3.76. The van der Waals surface area contributed by atoms with Crippen LogP contribution in [-0.2, 0) is 12.8 Å². The van der Waals surface area contributed by atoms with Crippen molar-refractivity contribution >= 4 is 0 Å². The number of hydrogen-bond acceptors (Lipinski definition) is 4. The molecule has 1 heterocycles. The third-order valence-electron chi connectivity index (χ3n) is 5.19. The van der Waals surface area contributed by atoms with Crippen molar-refractivity contribution in [3.63, 3.8) is 0 Å². The summed E-state index contributed by atoms with van der Waals surface area (Å²) >= 11 is 0. The second kappa shape index (κ2) is 8.36. The number of methoxy groups -OCH3 is 1. The number of phenols is 1. The predicted molar refractivity (Wildman–Crippen MR) is 110 cm³/mol. The summed E-state index contributed by atoms with van der Waals surface area (Å²) < 4.78 is 11.6. The summed E-state index contributed by atoms with van der Waals surface area (Å²) in [5, 5.41) is 13.3. The van der Waals surface area contributed by atoms with Gasteiger partial charge in [0.15, 0.2) is 11.5 Å². The van der Waals surface area contributed by atoms with Crippen LogP contribution in [0.4, 0.5) is 0 Å². The van der Waals surface area contributed by atoms with E-state index in [9.17, 15) is 5.11 Å². The topological polar surface area (TPSA) is 50.7 Å². The standard InChI is InChI=1S/C24H25NO3/c1-27-23-16-19(24-21-9-8-20(26)15-18(21)11-13-25-24)7-10-22(23)28-14-12-17-5-3-2-4-6-17/h2-10,15-16,24-26H,11-14H2,1H3. The van der Waals surface area contributed by atoms with E-state index in [-0.39, 0.29) is 6.04 Å². The first-order valence-electron chi connectivity index (χ1n) is 9.64. The predicted octanol–water partition coefficient (Wildman–Crippen LogP) is 4.26. The van der Waals surface area contributed by atoms with E-state index in [1.165, 1.54) is 16.7 Å². The average molecular weight is 375 g/mol. The highest BCUT2D eigenvalue weighted by Gasteiger charge is 2.22. The van der Waals surface area contributed by atoms with Gasteiger partial charge in [0.05, 0.1) is 19.8 Å². The zero-order chi connectivity index (χ0) is 19.3. The lowest BCUT2D eigenvalue weighted by atomic mass is 9.89. The molecule has 28 heavy (non-hydrogen) atoms. The lowest BCUT2D eigenvalue weighted by Gasteiger charge is -2.28. The maximum Gasteiger partial charge on any atom is 0.161 e. The molecule has 3 aromatic rings. The van der Waals surface area contributed by atoms with Gasteiger partial charge in [-0.05, 0) is 52.9 Å². The van der Waals surface area contributed by atoms with Gasteiger partial charge in [-0.3, -0.25) is 0 Å². The van der Waals surface area contributed by atoms with Gasteiger partial charge in [0.2, 0.25) is 0 Å². The zero-order valence-electron chi connectivity index (χ0n) is 16.0. The third kappa shape index (κ3) is 3.97. The molecule has 0 saturated carbocycles. The molecular weight excluding hydrogens is 350 g/mol. The summed E-state index contributed by atoms with van der Waals surface area (Å²) in [6, 6.07) is 22.1. The molecule has 4 heteroatoms. The molecule has 0 spiro atoms. The van der Waals surface area contributed by atoms with Crippen LogP contribution in [0.25, 0.3) is 0 Å². The maximum absolute atomic E-state index is 9.77. The summed E-state index contributed by atoms with van der Waals surface area (Å²) in [5.74, 6) is 1.81. The molecule has 1 unspecified atom stereocenters. The molecule has 1 aliphatic rings. The number of fused-ring (bicyclic) bond motifs is 1. The number of benzene rings is 3. The first-order valence-corrected chi connectivity index (χ1v) is 9.64. The van der Waals surface area contributed by atoms with Crippen molar-refractivity contribution in [3.8, 4) is 17.2 Å². The lowest BCUT2D eigenvalue weighted by Crippen LogP contribution is -2.30. The van der Waals surface area contributed by atoms with Gasteiger partial charge in [-0.1, -0.05) is 42.5 Å². The van der Waals surface area contributed by atoms with Crippen molar-refractivity contribution in [2.75, 3.05) is 20.3 Å². The van der Waals surface area contributed by atoms with Gasteiger partial charge >= 0.3 is 0 Å². The quantitative estimate of drug-likeness (QED) is 0.676. The van der Waals surface area contributed by atoms with Crippen molar-refractivity contribution in [2.24, 2.45) is 0 Å². The molecule has 4 nitrogen and oxygen atoms in total. The highest BCUT2D eigenvalue weighted by Crippen LogP contribution is 2.35. The number of hydrogen-bond donors (Lipinski definition) is 2. The van der Waals surface area contributed by atoms with Gasteiger partial charge in [-0.15, -0.1) is 0 Å².